The normalized spacial score (nSPS) is 18.1. The van der Waals surface area contributed by atoms with Crippen LogP contribution in [0.2, 0.25) is 5.02 Å². The molecule has 1 heterocycles. The van der Waals surface area contributed by atoms with Gasteiger partial charge in [-0.05, 0) is 55.9 Å². The third-order valence-electron chi connectivity index (χ3n) is 5.74. The Bertz CT molecular complexity index is 933. The van der Waals surface area contributed by atoms with E-state index in [2.05, 4.69) is 53.0 Å². The van der Waals surface area contributed by atoms with Crippen LogP contribution in [-0.2, 0) is 11.8 Å². The maximum absolute atomic E-state index is 6.02. The Morgan fingerprint density at radius 2 is 1.69 bits per heavy atom. The molecule has 132 valence electrons. The minimum Gasteiger partial charge on any atom is -0.311 e. The number of hydrogen-bond donors (Lipinski definition) is 0. The second kappa shape index (κ2) is 5.95. The van der Waals surface area contributed by atoms with E-state index in [1.165, 1.54) is 48.2 Å². The van der Waals surface area contributed by atoms with Crippen LogP contribution in [0.15, 0.2) is 48.5 Å². The predicted octanol–water partition coefficient (Wildman–Crippen LogP) is 5.25. The summed E-state index contributed by atoms with van der Waals surface area (Å²) < 4.78 is 2.45. The van der Waals surface area contributed by atoms with E-state index >= 15 is 0 Å². The fourth-order valence-corrected chi connectivity index (χ4v) is 4.04. The summed E-state index contributed by atoms with van der Waals surface area (Å²) in [5.41, 5.74) is 3.99. The summed E-state index contributed by atoms with van der Waals surface area (Å²) in [7, 11) is 0. The molecule has 26 heavy (non-hydrogen) atoms. The molecule has 5 rings (SSSR count). The Balaban J connectivity index is 1.53. The number of hydrogen-bond acceptors (Lipinski definition) is 2. The van der Waals surface area contributed by atoms with Crippen LogP contribution in [0.5, 0.6) is 0 Å². The Morgan fingerprint density at radius 3 is 2.31 bits per heavy atom. The Kier molecular flexibility index (Phi) is 3.68. The molecule has 0 spiro atoms. The molecule has 0 amide bonds. The molecule has 0 unspecified atom stereocenters. The molecule has 2 fully saturated rings. The zero-order valence-electron chi connectivity index (χ0n) is 15.0. The number of aromatic nitrogens is 3. The van der Waals surface area contributed by atoms with Gasteiger partial charge in [-0.25, -0.2) is 0 Å². The van der Waals surface area contributed by atoms with Crippen LogP contribution < -0.4 is 0 Å². The minimum absolute atomic E-state index is 0.0710. The fourth-order valence-electron chi connectivity index (χ4n) is 3.91. The van der Waals surface area contributed by atoms with E-state index in [0.29, 0.717) is 6.04 Å². The topological polar surface area (TPSA) is 30.7 Å². The first-order valence-electron chi connectivity index (χ1n) is 9.42. The molecule has 0 atom stereocenters. The minimum atomic E-state index is 0.0710. The Morgan fingerprint density at radius 1 is 1.00 bits per heavy atom. The van der Waals surface area contributed by atoms with E-state index in [4.69, 9.17) is 16.7 Å². The Hall–Kier alpha value is -2.13. The second-order valence-corrected chi connectivity index (χ2v) is 8.23. The van der Waals surface area contributed by atoms with Gasteiger partial charge in [-0.1, -0.05) is 53.6 Å². The van der Waals surface area contributed by atoms with Gasteiger partial charge in [0.25, 0.3) is 0 Å². The van der Waals surface area contributed by atoms with Crippen molar-refractivity contribution in [1.82, 2.24) is 14.8 Å². The van der Waals surface area contributed by atoms with Gasteiger partial charge < -0.3 is 4.57 Å². The smallest absolute Gasteiger partial charge is 0.143 e. The monoisotopic (exact) mass is 363 g/mol. The van der Waals surface area contributed by atoms with Crippen molar-refractivity contribution in [3.05, 3.63) is 81.9 Å². The number of aryl methyl sites for hydroxylation is 1. The third kappa shape index (κ3) is 2.75. The molecule has 2 aliphatic carbocycles. The van der Waals surface area contributed by atoms with Gasteiger partial charge >= 0.3 is 0 Å². The summed E-state index contributed by atoms with van der Waals surface area (Å²) in [4.78, 5) is 0. The van der Waals surface area contributed by atoms with Crippen molar-refractivity contribution in [1.29, 1.82) is 0 Å². The number of halogens is 1. The van der Waals surface area contributed by atoms with Gasteiger partial charge in [0.05, 0.1) is 5.41 Å². The van der Waals surface area contributed by atoms with E-state index in [0.717, 1.165) is 17.3 Å². The van der Waals surface area contributed by atoms with Gasteiger partial charge in [-0.15, -0.1) is 10.2 Å². The van der Waals surface area contributed by atoms with Crippen molar-refractivity contribution >= 4 is 11.6 Å². The van der Waals surface area contributed by atoms with Crippen molar-refractivity contribution in [2.45, 2.75) is 50.5 Å². The van der Waals surface area contributed by atoms with Gasteiger partial charge in [-0.3, -0.25) is 0 Å². The van der Waals surface area contributed by atoms with Crippen LogP contribution >= 0.6 is 11.6 Å². The summed E-state index contributed by atoms with van der Waals surface area (Å²) in [6.07, 6.45) is 5.62. The summed E-state index contributed by atoms with van der Waals surface area (Å²) in [5.74, 6) is 2.26. The van der Waals surface area contributed by atoms with Crippen LogP contribution in [0.25, 0.3) is 0 Å². The van der Waals surface area contributed by atoms with Crippen LogP contribution in [0.4, 0.5) is 0 Å². The third-order valence-corrected chi connectivity index (χ3v) is 5.99. The first kappa shape index (κ1) is 16.1. The number of rotatable bonds is 5. The summed E-state index contributed by atoms with van der Waals surface area (Å²) >= 11 is 6.02. The lowest BCUT2D eigenvalue weighted by molar-refractivity contribution is 0.610. The molecule has 3 nitrogen and oxygen atoms in total. The lowest BCUT2D eigenvalue weighted by Crippen LogP contribution is -2.17. The molecule has 2 saturated carbocycles. The maximum Gasteiger partial charge on any atom is 0.143 e. The second-order valence-electron chi connectivity index (χ2n) is 7.79. The quantitative estimate of drug-likeness (QED) is 0.620. The first-order chi connectivity index (χ1) is 12.7. The highest BCUT2D eigenvalue weighted by molar-refractivity contribution is 6.30. The largest absolute Gasteiger partial charge is 0.311 e. The van der Waals surface area contributed by atoms with Crippen LogP contribution in [0.3, 0.4) is 0 Å². The van der Waals surface area contributed by atoms with Crippen molar-refractivity contribution in [3.8, 4) is 0 Å². The van der Waals surface area contributed by atoms with Gasteiger partial charge in [0, 0.05) is 17.5 Å². The van der Waals surface area contributed by atoms with E-state index in [1.807, 2.05) is 12.1 Å². The summed E-state index contributed by atoms with van der Waals surface area (Å²) in [6.45, 7) is 2.14. The number of benzene rings is 2. The lowest BCUT2D eigenvalue weighted by Gasteiger charge is -2.18. The highest BCUT2D eigenvalue weighted by Gasteiger charge is 2.51. The molecule has 0 aliphatic heterocycles. The zero-order valence-corrected chi connectivity index (χ0v) is 15.7. The molecule has 1 aromatic heterocycles. The molecule has 3 aromatic rings. The standard InChI is InChI=1S/C22H22ClN3/c1-15-2-6-17(7-3-15)22(12-13-22)21-25-24-20(26(21)19-10-11-19)14-16-4-8-18(23)9-5-16/h2-9,19H,10-14H2,1H3. The van der Waals surface area contributed by atoms with Crippen LogP contribution in [-0.4, -0.2) is 14.8 Å². The van der Waals surface area contributed by atoms with Gasteiger partial charge in [0.15, 0.2) is 0 Å². The SMILES string of the molecule is Cc1ccc(C2(c3nnc(Cc4ccc(Cl)cc4)n3C3CC3)CC2)cc1. The van der Waals surface area contributed by atoms with E-state index in [9.17, 15) is 0 Å². The average Bonchev–Trinajstić information content (AvgIpc) is 3.57. The number of nitrogens with zero attached hydrogens (tertiary/aromatic N) is 3. The molecule has 0 saturated heterocycles. The summed E-state index contributed by atoms with van der Waals surface area (Å²) in [6, 6.07) is 17.6. The van der Waals surface area contributed by atoms with Gasteiger partial charge in [0.2, 0.25) is 0 Å². The molecule has 0 radical (unpaired) electrons. The highest BCUT2D eigenvalue weighted by Crippen LogP contribution is 2.54. The van der Waals surface area contributed by atoms with Crippen LogP contribution in [0.1, 0.15) is 60.1 Å². The lowest BCUT2D eigenvalue weighted by atomic mass is 9.94. The van der Waals surface area contributed by atoms with E-state index < -0.39 is 0 Å². The van der Waals surface area contributed by atoms with Crippen molar-refractivity contribution in [2.75, 3.05) is 0 Å². The van der Waals surface area contributed by atoms with Crippen molar-refractivity contribution < 1.29 is 0 Å². The predicted molar refractivity (Wildman–Crippen MR) is 104 cm³/mol. The van der Waals surface area contributed by atoms with Gasteiger partial charge in [-0.2, -0.15) is 0 Å². The maximum atomic E-state index is 6.02. The average molecular weight is 364 g/mol. The Labute approximate surface area is 159 Å². The fraction of sp³-hybridized carbons (Fsp3) is 0.364. The van der Waals surface area contributed by atoms with Gasteiger partial charge in [0.1, 0.15) is 11.6 Å². The molecule has 0 bridgehead atoms. The molecule has 2 aromatic carbocycles. The summed E-state index contributed by atoms with van der Waals surface area (Å²) in [5, 5.41) is 10.1. The zero-order chi connectivity index (χ0) is 17.7. The van der Waals surface area contributed by atoms with Crippen molar-refractivity contribution in [3.63, 3.8) is 0 Å². The van der Waals surface area contributed by atoms with E-state index in [1.54, 1.807) is 0 Å². The van der Waals surface area contributed by atoms with Crippen LogP contribution in [0, 0.1) is 6.92 Å². The molecular formula is C22H22ClN3. The molecule has 0 N–H and O–H groups in total. The molecule has 4 heteroatoms. The van der Waals surface area contributed by atoms with Crippen molar-refractivity contribution in [2.24, 2.45) is 0 Å². The first-order valence-corrected chi connectivity index (χ1v) is 9.79. The highest BCUT2D eigenvalue weighted by atomic mass is 35.5. The molecule has 2 aliphatic rings. The molecular weight excluding hydrogens is 342 g/mol. The van der Waals surface area contributed by atoms with E-state index in [-0.39, 0.29) is 5.41 Å².